The minimum atomic E-state index is -0.0954. The number of unbranched alkanes of at least 4 members (excludes halogenated alkanes) is 1. The monoisotopic (exact) mass is 259 g/mol. The van der Waals surface area contributed by atoms with E-state index in [1.54, 1.807) is 0 Å². The van der Waals surface area contributed by atoms with Crippen molar-refractivity contribution < 1.29 is 4.79 Å². The molecule has 0 atom stereocenters. The Balaban J connectivity index is 1.86. The summed E-state index contributed by atoms with van der Waals surface area (Å²) < 4.78 is 0. The third kappa shape index (κ3) is 3.56. The number of hydrogen-bond donors (Lipinski definition) is 2. The van der Waals surface area contributed by atoms with Gasteiger partial charge in [0.25, 0.3) is 5.91 Å². The van der Waals surface area contributed by atoms with Gasteiger partial charge in [-0.3, -0.25) is 9.89 Å². The third-order valence-corrected chi connectivity index (χ3v) is 3.18. The number of rotatable bonds is 6. The maximum Gasteiger partial charge on any atom is 0.272 e. The summed E-state index contributed by atoms with van der Waals surface area (Å²) in [5, 5.41) is 10.8. The molecule has 2 N–H and O–H groups in total. The van der Waals surface area contributed by atoms with Gasteiger partial charge in [0.1, 0.15) is 0 Å². The molecule has 0 radical (unpaired) electrons. The van der Waals surface area contributed by atoms with E-state index in [4.69, 9.17) is 0 Å². The zero-order chi connectivity index (χ0) is 13.7. The predicted octanol–water partition coefficient (Wildman–Crippen LogP) is 3.12. The van der Waals surface area contributed by atoms with Gasteiger partial charge in [-0.15, -0.1) is 0 Å². The molecule has 1 heterocycles. The number of para-hydroxylation sites is 1. The molecule has 4 heteroatoms. The molecule has 1 aromatic heterocycles. The van der Waals surface area contributed by atoms with Crippen LogP contribution < -0.4 is 5.32 Å². The fourth-order valence-corrected chi connectivity index (χ4v) is 2.10. The summed E-state index contributed by atoms with van der Waals surface area (Å²) in [5.41, 5.74) is 1.38. The van der Waals surface area contributed by atoms with E-state index in [1.165, 1.54) is 6.42 Å². The summed E-state index contributed by atoms with van der Waals surface area (Å²) in [6, 6.07) is 7.67. The van der Waals surface area contributed by atoms with Crippen molar-refractivity contribution in [2.24, 2.45) is 5.92 Å². The third-order valence-electron chi connectivity index (χ3n) is 3.18. The van der Waals surface area contributed by atoms with Crippen molar-refractivity contribution >= 4 is 16.8 Å². The van der Waals surface area contributed by atoms with Crippen LogP contribution in [0.25, 0.3) is 10.9 Å². The van der Waals surface area contributed by atoms with Gasteiger partial charge in [0.05, 0.1) is 5.52 Å². The molecule has 0 fully saturated rings. The second-order valence-corrected chi connectivity index (χ2v) is 5.26. The summed E-state index contributed by atoms with van der Waals surface area (Å²) in [4.78, 5) is 12.0. The summed E-state index contributed by atoms with van der Waals surface area (Å²) in [5.74, 6) is 0.632. The molecule has 1 amide bonds. The number of carbonyl (C=O) groups excluding carboxylic acids is 1. The normalized spacial score (nSPS) is 11.1. The van der Waals surface area contributed by atoms with Crippen molar-refractivity contribution in [2.75, 3.05) is 6.54 Å². The molecule has 0 aliphatic rings. The van der Waals surface area contributed by atoms with E-state index < -0.39 is 0 Å². The number of aromatic nitrogens is 2. The molecule has 0 aliphatic heterocycles. The van der Waals surface area contributed by atoms with Gasteiger partial charge in [-0.25, -0.2) is 0 Å². The molecule has 19 heavy (non-hydrogen) atoms. The molecule has 2 aromatic rings. The molecular weight excluding hydrogens is 238 g/mol. The van der Waals surface area contributed by atoms with Gasteiger partial charge in [-0.05, 0) is 18.4 Å². The topological polar surface area (TPSA) is 57.8 Å². The molecular formula is C15H21N3O. The molecule has 1 aromatic carbocycles. The maximum atomic E-state index is 12.0. The number of nitrogens with zero attached hydrogens (tertiary/aromatic N) is 1. The smallest absolute Gasteiger partial charge is 0.272 e. The van der Waals surface area contributed by atoms with Crippen molar-refractivity contribution in [1.29, 1.82) is 0 Å². The van der Waals surface area contributed by atoms with Crippen LogP contribution in [0.1, 0.15) is 43.6 Å². The Hall–Kier alpha value is -1.84. The lowest BCUT2D eigenvalue weighted by Crippen LogP contribution is -2.25. The first-order valence-electron chi connectivity index (χ1n) is 6.90. The van der Waals surface area contributed by atoms with Crippen LogP contribution >= 0.6 is 0 Å². The summed E-state index contributed by atoms with van der Waals surface area (Å²) >= 11 is 0. The lowest BCUT2D eigenvalue weighted by Gasteiger charge is -2.05. The van der Waals surface area contributed by atoms with E-state index in [2.05, 4.69) is 29.4 Å². The van der Waals surface area contributed by atoms with E-state index in [9.17, 15) is 4.79 Å². The van der Waals surface area contributed by atoms with Crippen LogP contribution in [0.5, 0.6) is 0 Å². The number of aromatic amines is 1. The number of fused-ring (bicyclic) bond motifs is 1. The van der Waals surface area contributed by atoms with Crippen molar-refractivity contribution in [1.82, 2.24) is 15.5 Å². The number of nitrogens with one attached hydrogen (secondary N) is 2. The second-order valence-electron chi connectivity index (χ2n) is 5.26. The van der Waals surface area contributed by atoms with Crippen LogP contribution in [-0.2, 0) is 0 Å². The number of amides is 1. The van der Waals surface area contributed by atoms with Gasteiger partial charge < -0.3 is 5.32 Å². The highest BCUT2D eigenvalue weighted by Gasteiger charge is 2.12. The van der Waals surface area contributed by atoms with Crippen LogP contribution in [0, 0.1) is 5.92 Å². The molecule has 2 rings (SSSR count). The number of H-pyrrole nitrogens is 1. The zero-order valence-corrected chi connectivity index (χ0v) is 11.6. The molecule has 0 saturated carbocycles. The van der Waals surface area contributed by atoms with E-state index in [0.717, 1.165) is 29.7 Å². The Kier molecular flexibility index (Phi) is 4.55. The van der Waals surface area contributed by atoms with E-state index in [-0.39, 0.29) is 5.91 Å². The van der Waals surface area contributed by atoms with Crippen molar-refractivity contribution in [3.8, 4) is 0 Å². The quantitative estimate of drug-likeness (QED) is 0.783. The largest absolute Gasteiger partial charge is 0.351 e. The first-order valence-corrected chi connectivity index (χ1v) is 6.90. The average Bonchev–Trinajstić information content (AvgIpc) is 2.81. The summed E-state index contributed by atoms with van der Waals surface area (Å²) in [7, 11) is 0. The standard InChI is InChI=1S/C15H21N3O/c1-11(2)7-5-6-10-16-15(19)14-12-8-3-4-9-13(12)17-18-14/h3-4,8-9,11H,5-7,10H2,1-2H3,(H,16,19)(H,17,18). The lowest BCUT2D eigenvalue weighted by molar-refractivity contribution is 0.0949. The summed E-state index contributed by atoms with van der Waals surface area (Å²) in [6.07, 6.45) is 3.38. The first kappa shape index (κ1) is 13.6. The van der Waals surface area contributed by atoms with Gasteiger partial charge in [-0.1, -0.05) is 44.9 Å². The predicted molar refractivity (Wildman–Crippen MR) is 77.1 cm³/mol. The number of carbonyl (C=O) groups is 1. The Labute approximate surface area is 113 Å². The fraction of sp³-hybridized carbons (Fsp3) is 0.467. The fourth-order valence-electron chi connectivity index (χ4n) is 2.10. The molecule has 0 saturated heterocycles. The zero-order valence-electron chi connectivity index (χ0n) is 11.6. The second kappa shape index (κ2) is 6.36. The van der Waals surface area contributed by atoms with Crippen LogP contribution in [0.15, 0.2) is 24.3 Å². The van der Waals surface area contributed by atoms with Gasteiger partial charge in [0, 0.05) is 11.9 Å². The van der Waals surface area contributed by atoms with E-state index >= 15 is 0 Å². The van der Waals surface area contributed by atoms with Crippen molar-refractivity contribution in [3.63, 3.8) is 0 Å². The van der Waals surface area contributed by atoms with Crippen LogP contribution in [0.3, 0.4) is 0 Å². The molecule has 102 valence electrons. The van der Waals surface area contributed by atoms with E-state index in [0.29, 0.717) is 12.2 Å². The summed E-state index contributed by atoms with van der Waals surface area (Å²) in [6.45, 7) is 5.15. The highest BCUT2D eigenvalue weighted by molar-refractivity contribution is 6.04. The van der Waals surface area contributed by atoms with Gasteiger partial charge in [0.2, 0.25) is 0 Å². The Morgan fingerprint density at radius 2 is 2.11 bits per heavy atom. The van der Waals surface area contributed by atoms with Crippen molar-refractivity contribution in [2.45, 2.75) is 33.1 Å². The Morgan fingerprint density at radius 1 is 1.32 bits per heavy atom. The Bertz CT molecular complexity index is 545. The number of benzene rings is 1. The number of hydrogen-bond acceptors (Lipinski definition) is 2. The highest BCUT2D eigenvalue weighted by Crippen LogP contribution is 2.14. The van der Waals surface area contributed by atoms with Crippen molar-refractivity contribution in [3.05, 3.63) is 30.0 Å². The minimum Gasteiger partial charge on any atom is -0.351 e. The molecule has 0 aliphatic carbocycles. The van der Waals surface area contributed by atoms with Gasteiger partial charge >= 0.3 is 0 Å². The molecule has 0 unspecified atom stereocenters. The van der Waals surface area contributed by atoms with Crippen LogP contribution in [-0.4, -0.2) is 22.6 Å². The van der Waals surface area contributed by atoms with Crippen LogP contribution in [0.2, 0.25) is 0 Å². The van der Waals surface area contributed by atoms with E-state index in [1.807, 2.05) is 24.3 Å². The van der Waals surface area contributed by atoms with Gasteiger partial charge in [-0.2, -0.15) is 5.10 Å². The highest BCUT2D eigenvalue weighted by atomic mass is 16.1. The average molecular weight is 259 g/mol. The maximum absolute atomic E-state index is 12.0. The molecule has 0 bridgehead atoms. The van der Waals surface area contributed by atoms with Gasteiger partial charge in [0.15, 0.2) is 5.69 Å². The molecule has 0 spiro atoms. The Morgan fingerprint density at radius 3 is 2.89 bits per heavy atom. The lowest BCUT2D eigenvalue weighted by atomic mass is 10.1. The van der Waals surface area contributed by atoms with Crippen LogP contribution in [0.4, 0.5) is 0 Å². The minimum absolute atomic E-state index is 0.0954. The molecule has 4 nitrogen and oxygen atoms in total. The SMILES string of the molecule is CC(C)CCCCNC(=O)c1n[nH]c2ccccc12. The first-order chi connectivity index (χ1) is 9.18.